The predicted octanol–water partition coefficient (Wildman–Crippen LogP) is 0.452. The maximum atomic E-state index is 5.74. The van der Waals surface area contributed by atoms with Gasteiger partial charge in [-0.25, -0.2) is 0 Å². The summed E-state index contributed by atoms with van der Waals surface area (Å²) in [5.41, 5.74) is 0. The molecular weight excluding hydrogens is 320 g/mol. The second-order valence-corrected chi connectivity index (χ2v) is 7.23. The van der Waals surface area contributed by atoms with Gasteiger partial charge < -0.3 is 0 Å². The monoisotopic (exact) mass is 348 g/mol. The molecule has 21 heavy (non-hydrogen) atoms. The van der Waals surface area contributed by atoms with Gasteiger partial charge in [-0.1, -0.05) is 0 Å². The van der Waals surface area contributed by atoms with Gasteiger partial charge in [-0.05, 0) is 0 Å². The molecule has 128 valence electrons. The molecule has 0 N–H and O–H groups in total. The average Bonchev–Trinajstić information content (AvgIpc) is 2.48. The van der Waals surface area contributed by atoms with Gasteiger partial charge in [0.2, 0.25) is 0 Å². The van der Waals surface area contributed by atoms with E-state index in [1.165, 1.54) is 0 Å². The standard InChI is InChI=1S/4C3H7O2.Ti/c4*1-5-3-2-4;/h4*2-3H2,1H3;/q4*-1;+4. The van der Waals surface area contributed by atoms with Gasteiger partial charge in [-0.15, -0.1) is 0 Å². The van der Waals surface area contributed by atoms with E-state index in [9.17, 15) is 0 Å². The molecule has 0 aliphatic heterocycles. The Kier molecular flexibility index (Phi) is 15.6. The molecule has 9 heteroatoms. The van der Waals surface area contributed by atoms with Crippen molar-refractivity contribution in [2.45, 2.75) is 0 Å². The summed E-state index contributed by atoms with van der Waals surface area (Å²) in [5.74, 6) is 0. The van der Waals surface area contributed by atoms with Crippen LogP contribution in [0.15, 0.2) is 0 Å². The van der Waals surface area contributed by atoms with E-state index in [4.69, 9.17) is 32.2 Å². The van der Waals surface area contributed by atoms with Gasteiger partial charge in [0.05, 0.1) is 0 Å². The summed E-state index contributed by atoms with van der Waals surface area (Å²) in [6.07, 6.45) is 0. The van der Waals surface area contributed by atoms with E-state index in [0.29, 0.717) is 52.9 Å². The van der Waals surface area contributed by atoms with Crippen molar-refractivity contribution < 1.29 is 50.4 Å². The van der Waals surface area contributed by atoms with Crippen LogP contribution in [0.2, 0.25) is 0 Å². The molecule has 0 aromatic carbocycles. The molecule has 0 aliphatic carbocycles. The van der Waals surface area contributed by atoms with Crippen molar-refractivity contribution >= 4 is 0 Å². The molecule has 8 nitrogen and oxygen atoms in total. The van der Waals surface area contributed by atoms with Crippen LogP contribution in [0.1, 0.15) is 0 Å². The minimum atomic E-state index is -3.84. The molecular formula is C12H28O8Ti. The molecule has 0 heterocycles. The van der Waals surface area contributed by atoms with E-state index in [1.54, 1.807) is 28.4 Å². The molecule has 0 spiro atoms. The van der Waals surface area contributed by atoms with Crippen LogP contribution >= 0.6 is 0 Å². The third-order valence-corrected chi connectivity index (χ3v) is 5.75. The molecule has 0 aromatic heterocycles. The van der Waals surface area contributed by atoms with Crippen molar-refractivity contribution in [2.75, 3.05) is 81.3 Å². The molecule has 0 atom stereocenters. The molecule has 0 rings (SSSR count). The van der Waals surface area contributed by atoms with E-state index >= 15 is 0 Å². The molecule has 0 unspecified atom stereocenters. The van der Waals surface area contributed by atoms with Crippen LogP contribution in [0, 0.1) is 0 Å². The normalized spacial score (nSPS) is 12.0. The molecule has 0 radical (unpaired) electrons. The van der Waals surface area contributed by atoms with Crippen molar-refractivity contribution in [3.8, 4) is 0 Å². The molecule has 0 aliphatic rings. The van der Waals surface area contributed by atoms with Gasteiger partial charge in [-0.3, -0.25) is 0 Å². The van der Waals surface area contributed by atoms with Crippen LogP contribution in [0.3, 0.4) is 0 Å². The Bertz CT molecular complexity index is 174. The summed E-state index contributed by atoms with van der Waals surface area (Å²) in [6.45, 7) is 3.08. The van der Waals surface area contributed by atoms with E-state index in [1.807, 2.05) is 0 Å². The fourth-order valence-electron chi connectivity index (χ4n) is 1.25. The first-order chi connectivity index (χ1) is 10.2. The average molecular weight is 348 g/mol. The summed E-state index contributed by atoms with van der Waals surface area (Å²) in [6, 6.07) is 0. The van der Waals surface area contributed by atoms with Gasteiger partial charge in [0, 0.05) is 0 Å². The summed E-state index contributed by atoms with van der Waals surface area (Å²) >= 11 is -3.84. The van der Waals surface area contributed by atoms with Gasteiger partial charge in [-0.2, -0.15) is 0 Å². The molecule has 0 aromatic rings. The summed E-state index contributed by atoms with van der Waals surface area (Å²) in [4.78, 5) is 0. The van der Waals surface area contributed by atoms with E-state index in [-0.39, 0.29) is 0 Å². The number of rotatable bonds is 16. The van der Waals surface area contributed by atoms with Crippen molar-refractivity contribution in [1.82, 2.24) is 0 Å². The topological polar surface area (TPSA) is 73.8 Å². The Morgan fingerprint density at radius 3 is 0.857 bits per heavy atom. The zero-order valence-electron chi connectivity index (χ0n) is 13.4. The van der Waals surface area contributed by atoms with Gasteiger partial charge in [0.1, 0.15) is 0 Å². The molecule has 0 saturated carbocycles. The molecule has 0 amide bonds. The van der Waals surface area contributed by atoms with Crippen LogP contribution in [0.4, 0.5) is 0 Å². The summed E-state index contributed by atoms with van der Waals surface area (Å²) < 4.78 is 42.9. The Hall–Kier alpha value is 0.394. The van der Waals surface area contributed by atoms with Crippen LogP contribution in [0.5, 0.6) is 0 Å². The van der Waals surface area contributed by atoms with Gasteiger partial charge >= 0.3 is 132 Å². The van der Waals surface area contributed by atoms with Crippen molar-refractivity contribution in [3.05, 3.63) is 0 Å². The van der Waals surface area contributed by atoms with E-state index < -0.39 is 18.1 Å². The van der Waals surface area contributed by atoms with Gasteiger partial charge in [0.25, 0.3) is 0 Å². The van der Waals surface area contributed by atoms with Crippen LogP contribution in [0.25, 0.3) is 0 Å². The predicted molar refractivity (Wildman–Crippen MR) is 71.3 cm³/mol. The van der Waals surface area contributed by atoms with Crippen LogP contribution in [-0.4, -0.2) is 81.3 Å². The summed E-state index contributed by atoms with van der Waals surface area (Å²) in [5, 5.41) is 0. The van der Waals surface area contributed by atoms with E-state index in [0.717, 1.165) is 0 Å². The molecule has 0 bridgehead atoms. The number of hydrogen-bond donors (Lipinski definition) is 0. The van der Waals surface area contributed by atoms with Crippen LogP contribution < -0.4 is 0 Å². The zero-order chi connectivity index (χ0) is 15.8. The first-order valence-corrected chi connectivity index (χ1v) is 9.31. The third-order valence-electron chi connectivity index (χ3n) is 2.27. The second-order valence-electron chi connectivity index (χ2n) is 3.87. The SMILES string of the molecule is COCC[O][Ti]([O]CCOC)([O]CCOC)[O]CCOC. The Morgan fingerprint density at radius 1 is 0.429 bits per heavy atom. The minimum absolute atomic E-state index is 0.337. The zero-order valence-corrected chi connectivity index (χ0v) is 15.0. The maximum absolute atomic E-state index is 5.74. The Morgan fingerprint density at radius 2 is 0.667 bits per heavy atom. The first kappa shape index (κ1) is 21.4. The van der Waals surface area contributed by atoms with Crippen molar-refractivity contribution in [1.29, 1.82) is 0 Å². The van der Waals surface area contributed by atoms with E-state index in [2.05, 4.69) is 0 Å². The number of methoxy groups -OCH3 is 4. The number of hydrogen-bond acceptors (Lipinski definition) is 8. The first-order valence-electron chi connectivity index (χ1n) is 6.76. The quantitative estimate of drug-likeness (QED) is 0.294. The second kappa shape index (κ2) is 15.3. The Balaban J connectivity index is 4.52. The van der Waals surface area contributed by atoms with Crippen LogP contribution in [-0.2, 0) is 50.4 Å². The molecule has 0 saturated heterocycles. The van der Waals surface area contributed by atoms with Gasteiger partial charge in [0.15, 0.2) is 0 Å². The third kappa shape index (κ3) is 11.6. The molecule has 0 fully saturated rings. The summed E-state index contributed by atoms with van der Waals surface area (Å²) in [7, 11) is 6.39. The number of ether oxygens (including phenoxy) is 4. The fourth-order valence-corrected chi connectivity index (χ4v) is 4.11. The Labute approximate surface area is 132 Å². The van der Waals surface area contributed by atoms with Crippen molar-refractivity contribution in [3.63, 3.8) is 0 Å². The van der Waals surface area contributed by atoms with Crippen molar-refractivity contribution in [2.24, 2.45) is 0 Å². The fraction of sp³-hybridized carbons (Fsp3) is 1.00.